The lowest BCUT2D eigenvalue weighted by Crippen LogP contribution is -2.47. The lowest BCUT2D eigenvalue weighted by Gasteiger charge is -2.39. The molecule has 2 aliphatic heterocycles. The summed E-state index contributed by atoms with van der Waals surface area (Å²) < 4.78 is 5.44. The van der Waals surface area contributed by atoms with Gasteiger partial charge in [0.25, 0.3) is 0 Å². The largest absolute Gasteiger partial charge is 0.459 e. The minimum Gasteiger partial charge on any atom is -0.459 e. The maximum atomic E-state index is 11.1. The molecule has 0 saturated carbocycles. The normalized spacial score (nSPS) is 28.5. The summed E-state index contributed by atoms with van der Waals surface area (Å²) in [6.45, 7) is 1.99. The topological polar surface area (TPSA) is 38.3 Å². The van der Waals surface area contributed by atoms with Gasteiger partial charge in [-0.2, -0.15) is 0 Å². The summed E-state index contributed by atoms with van der Waals surface area (Å²) in [7, 11) is 0. The number of nitrogens with one attached hydrogen (secondary N) is 1. The fourth-order valence-corrected chi connectivity index (χ4v) is 2.13. The first kappa shape index (κ1) is 8.05. The van der Waals surface area contributed by atoms with Crippen LogP contribution in [0.3, 0.4) is 0 Å². The predicted octanol–water partition coefficient (Wildman–Crippen LogP) is 0.836. The highest BCUT2D eigenvalue weighted by Gasteiger charge is 2.38. The van der Waals surface area contributed by atoms with E-state index in [0.29, 0.717) is 6.42 Å². The van der Waals surface area contributed by atoms with Gasteiger partial charge in [-0.1, -0.05) is 0 Å². The maximum absolute atomic E-state index is 11.1. The van der Waals surface area contributed by atoms with E-state index in [-0.39, 0.29) is 11.6 Å². The minimum atomic E-state index is -0.0828. The summed E-state index contributed by atoms with van der Waals surface area (Å²) in [6.07, 6.45) is 4.70. The zero-order chi connectivity index (χ0) is 8.44. The van der Waals surface area contributed by atoms with E-state index in [1.54, 1.807) is 0 Å². The summed E-state index contributed by atoms with van der Waals surface area (Å²) in [5, 5.41) is 3.28. The van der Waals surface area contributed by atoms with E-state index in [0.717, 1.165) is 38.8 Å². The van der Waals surface area contributed by atoms with E-state index in [4.69, 9.17) is 4.74 Å². The summed E-state index contributed by atoms with van der Waals surface area (Å²) in [5.41, 5.74) is -0.0828. The predicted molar refractivity (Wildman–Crippen MR) is 44.8 cm³/mol. The van der Waals surface area contributed by atoms with Crippen molar-refractivity contribution in [3.63, 3.8) is 0 Å². The van der Waals surface area contributed by atoms with Crippen LogP contribution in [-0.4, -0.2) is 24.7 Å². The van der Waals surface area contributed by atoms with Gasteiger partial charge in [-0.05, 0) is 38.8 Å². The molecule has 2 heterocycles. The van der Waals surface area contributed by atoms with E-state index in [1.807, 2.05) is 0 Å². The van der Waals surface area contributed by atoms with Crippen molar-refractivity contribution in [2.24, 2.45) is 0 Å². The molecule has 0 atom stereocenters. The Morgan fingerprint density at radius 3 is 2.67 bits per heavy atom. The molecule has 1 N–H and O–H groups in total. The van der Waals surface area contributed by atoms with Gasteiger partial charge in [-0.3, -0.25) is 4.79 Å². The maximum Gasteiger partial charge on any atom is 0.306 e. The smallest absolute Gasteiger partial charge is 0.306 e. The number of piperidine rings is 1. The lowest BCUT2D eigenvalue weighted by atomic mass is 9.85. The Labute approximate surface area is 72.5 Å². The summed E-state index contributed by atoms with van der Waals surface area (Å²) in [5.74, 6) is 0.00292. The molecule has 0 aromatic rings. The molecule has 0 bridgehead atoms. The van der Waals surface area contributed by atoms with Crippen molar-refractivity contribution in [2.75, 3.05) is 13.1 Å². The van der Waals surface area contributed by atoms with Crippen LogP contribution in [0.15, 0.2) is 0 Å². The van der Waals surface area contributed by atoms with Crippen LogP contribution in [0.25, 0.3) is 0 Å². The first-order valence-electron chi connectivity index (χ1n) is 4.73. The fourth-order valence-electron chi connectivity index (χ4n) is 2.13. The van der Waals surface area contributed by atoms with Crippen molar-refractivity contribution in [2.45, 2.75) is 37.7 Å². The molecule has 0 aliphatic carbocycles. The van der Waals surface area contributed by atoms with Crippen LogP contribution in [-0.2, 0) is 9.53 Å². The number of ether oxygens (including phenoxy) is 1. The molecule has 2 saturated heterocycles. The number of esters is 1. The average molecular weight is 169 g/mol. The van der Waals surface area contributed by atoms with Gasteiger partial charge in [0, 0.05) is 6.42 Å². The Morgan fingerprint density at radius 2 is 2.00 bits per heavy atom. The molecule has 68 valence electrons. The zero-order valence-electron chi connectivity index (χ0n) is 7.27. The first-order valence-corrected chi connectivity index (χ1v) is 4.73. The summed E-state index contributed by atoms with van der Waals surface area (Å²) in [6, 6.07) is 0. The van der Waals surface area contributed by atoms with Gasteiger partial charge in [-0.25, -0.2) is 0 Å². The van der Waals surface area contributed by atoms with Crippen LogP contribution in [0, 0.1) is 0 Å². The van der Waals surface area contributed by atoms with Gasteiger partial charge >= 0.3 is 5.97 Å². The van der Waals surface area contributed by atoms with E-state index in [1.165, 1.54) is 0 Å². The van der Waals surface area contributed by atoms with E-state index in [2.05, 4.69) is 5.32 Å². The molecular weight excluding hydrogens is 154 g/mol. The van der Waals surface area contributed by atoms with Crippen molar-refractivity contribution in [3.8, 4) is 0 Å². The summed E-state index contributed by atoms with van der Waals surface area (Å²) >= 11 is 0. The van der Waals surface area contributed by atoms with Crippen molar-refractivity contribution in [3.05, 3.63) is 0 Å². The van der Waals surface area contributed by atoms with Crippen LogP contribution in [0.1, 0.15) is 32.1 Å². The SMILES string of the molecule is O=C1CCCC2(CCNCC2)O1. The quantitative estimate of drug-likeness (QED) is 0.546. The van der Waals surface area contributed by atoms with Gasteiger partial charge in [-0.15, -0.1) is 0 Å². The van der Waals surface area contributed by atoms with Crippen LogP contribution >= 0.6 is 0 Å². The van der Waals surface area contributed by atoms with Crippen molar-refractivity contribution < 1.29 is 9.53 Å². The van der Waals surface area contributed by atoms with Gasteiger partial charge in [0.15, 0.2) is 0 Å². The van der Waals surface area contributed by atoms with Crippen LogP contribution in [0.5, 0.6) is 0 Å². The molecule has 2 fully saturated rings. The molecular formula is C9H15NO2. The standard InChI is InChI=1S/C9H15NO2/c11-8-2-1-3-9(12-8)4-6-10-7-5-9/h10H,1-7H2. The van der Waals surface area contributed by atoms with Crippen molar-refractivity contribution in [1.82, 2.24) is 5.32 Å². The Kier molecular flexibility index (Phi) is 2.05. The minimum absolute atomic E-state index is 0.00292. The molecule has 3 nitrogen and oxygen atoms in total. The fraction of sp³-hybridized carbons (Fsp3) is 0.889. The Bertz CT molecular complexity index is 179. The molecule has 0 unspecified atom stereocenters. The molecule has 0 aromatic carbocycles. The second-order valence-electron chi connectivity index (χ2n) is 3.76. The van der Waals surface area contributed by atoms with Gasteiger partial charge < -0.3 is 10.1 Å². The second kappa shape index (κ2) is 3.05. The third kappa shape index (κ3) is 1.46. The lowest BCUT2D eigenvalue weighted by molar-refractivity contribution is -0.170. The Morgan fingerprint density at radius 1 is 1.25 bits per heavy atom. The number of rotatable bonds is 0. The van der Waals surface area contributed by atoms with E-state index < -0.39 is 0 Å². The molecule has 1 spiro atoms. The third-order valence-electron chi connectivity index (χ3n) is 2.86. The number of carbonyl (C=O) groups excluding carboxylic acids is 1. The number of carbonyl (C=O) groups is 1. The van der Waals surface area contributed by atoms with E-state index in [9.17, 15) is 4.79 Å². The zero-order valence-corrected chi connectivity index (χ0v) is 7.27. The third-order valence-corrected chi connectivity index (χ3v) is 2.86. The summed E-state index contributed by atoms with van der Waals surface area (Å²) in [4.78, 5) is 11.1. The molecule has 0 amide bonds. The van der Waals surface area contributed by atoms with E-state index >= 15 is 0 Å². The molecule has 12 heavy (non-hydrogen) atoms. The van der Waals surface area contributed by atoms with Gasteiger partial charge in [0.2, 0.25) is 0 Å². The molecule has 2 aliphatic rings. The van der Waals surface area contributed by atoms with Crippen LogP contribution < -0.4 is 5.32 Å². The molecule has 3 heteroatoms. The average Bonchev–Trinajstić information content (AvgIpc) is 2.05. The van der Waals surface area contributed by atoms with Crippen molar-refractivity contribution >= 4 is 5.97 Å². The molecule has 2 rings (SSSR count). The molecule has 0 aromatic heterocycles. The Balaban J connectivity index is 2.02. The number of hydrogen-bond donors (Lipinski definition) is 1. The number of hydrogen-bond acceptors (Lipinski definition) is 3. The second-order valence-corrected chi connectivity index (χ2v) is 3.76. The Hall–Kier alpha value is -0.570. The highest BCUT2D eigenvalue weighted by atomic mass is 16.6. The van der Waals surface area contributed by atoms with Gasteiger partial charge in [0.1, 0.15) is 5.60 Å². The highest BCUT2D eigenvalue weighted by Crippen LogP contribution is 2.33. The molecule has 0 radical (unpaired) electrons. The van der Waals surface area contributed by atoms with Crippen molar-refractivity contribution in [1.29, 1.82) is 0 Å². The van der Waals surface area contributed by atoms with Gasteiger partial charge in [0.05, 0.1) is 0 Å². The van der Waals surface area contributed by atoms with Crippen LogP contribution in [0.2, 0.25) is 0 Å². The van der Waals surface area contributed by atoms with Crippen LogP contribution in [0.4, 0.5) is 0 Å². The highest BCUT2D eigenvalue weighted by molar-refractivity contribution is 5.70. The first-order chi connectivity index (χ1) is 5.81. The monoisotopic (exact) mass is 169 g/mol.